The molecule has 0 saturated carbocycles. The van der Waals surface area contributed by atoms with Gasteiger partial charge in [0, 0.05) is 16.9 Å². The van der Waals surface area contributed by atoms with Crippen molar-refractivity contribution in [1.82, 2.24) is 15.4 Å². The van der Waals surface area contributed by atoms with Crippen LogP contribution >= 0.6 is 15.9 Å². The first-order valence-electron chi connectivity index (χ1n) is 5.79. The fraction of sp³-hybridized carbons (Fsp3) is 0.231. The fourth-order valence-electron chi connectivity index (χ4n) is 1.79. The van der Waals surface area contributed by atoms with Crippen molar-refractivity contribution < 1.29 is 4.74 Å². The lowest BCUT2D eigenvalue weighted by Gasteiger charge is -2.16. The predicted octanol–water partition coefficient (Wildman–Crippen LogP) is 1.99. The van der Waals surface area contributed by atoms with Crippen LogP contribution in [-0.4, -0.2) is 17.1 Å². The Morgan fingerprint density at radius 2 is 2.26 bits per heavy atom. The molecular formula is C13H15BrN4O. The number of hydrogen-bond donors (Lipinski definition) is 2. The number of hydrazine groups is 1. The average molecular weight is 323 g/mol. The van der Waals surface area contributed by atoms with E-state index in [0.717, 1.165) is 21.5 Å². The van der Waals surface area contributed by atoms with Crippen molar-refractivity contribution in [1.29, 1.82) is 0 Å². The van der Waals surface area contributed by atoms with Crippen LogP contribution in [0.4, 0.5) is 0 Å². The number of halogens is 1. The van der Waals surface area contributed by atoms with Crippen LogP contribution in [0.3, 0.4) is 0 Å². The Balaban J connectivity index is 2.23. The van der Waals surface area contributed by atoms with Crippen LogP contribution in [0.5, 0.6) is 5.75 Å². The zero-order valence-corrected chi connectivity index (χ0v) is 12.1. The van der Waals surface area contributed by atoms with Crippen molar-refractivity contribution in [3.63, 3.8) is 0 Å². The molecule has 1 aromatic carbocycles. The molecule has 1 heterocycles. The highest BCUT2D eigenvalue weighted by Crippen LogP contribution is 2.26. The van der Waals surface area contributed by atoms with E-state index < -0.39 is 0 Å². The molecule has 1 atom stereocenters. The highest BCUT2D eigenvalue weighted by molar-refractivity contribution is 9.10. The van der Waals surface area contributed by atoms with Gasteiger partial charge in [-0.15, -0.1) is 0 Å². The summed E-state index contributed by atoms with van der Waals surface area (Å²) in [6.45, 7) is 0. The molecule has 0 aliphatic carbocycles. The standard InChI is InChI=1S/C13H15BrN4O/c1-19-10-2-3-11(14)9(6-10)7-12(18-15)13-8-16-4-5-17-13/h2-6,8,12,18H,7,15H2,1H3. The molecule has 0 radical (unpaired) electrons. The number of nitrogens with zero attached hydrogens (tertiary/aromatic N) is 2. The van der Waals surface area contributed by atoms with Gasteiger partial charge in [-0.25, -0.2) is 0 Å². The van der Waals surface area contributed by atoms with Gasteiger partial charge < -0.3 is 4.74 Å². The Kier molecular flexibility index (Phi) is 4.84. The van der Waals surface area contributed by atoms with Gasteiger partial charge in [0.2, 0.25) is 0 Å². The zero-order chi connectivity index (χ0) is 13.7. The molecule has 5 nitrogen and oxygen atoms in total. The van der Waals surface area contributed by atoms with Gasteiger partial charge in [-0.1, -0.05) is 15.9 Å². The maximum absolute atomic E-state index is 5.61. The summed E-state index contributed by atoms with van der Waals surface area (Å²) in [7, 11) is 1.65. The zero-order valence-electron chi connectivity index (χ0n) is 10.5. The van der Waals surface area contributed by atoms with Gasteiger partial charge >= 0.3 is 0 Å². The average Bonchev–Trinajstić information content (AvgIpc) is 2.47. The minimum absolute atomic E-state index is 0.0999. The van der Waals surface area contributed by atoms with Crippen molar-refractivity contribution in [2.24, 2.45) is 5.84 Å². The number of ether oxygens (including phenoxy) is 1. The number of methoxy groups -OCH3 is 1. The van der Waals surface area contributed by atoms with E-state index in [1.54, 1.807) is 25.7 Å². The van der Waals surface area contributed by atoms with E-state index in [4.69, 9.17) is 10.6 Å². The van der Waals surface area contributed by atoms with Gasteiger partial charge in [0.05, 0.1) is 25.0 Å². The third kappa shape index (κ3) is 3.50. The van der Waals surface area contributed by atoms with Crippen LogP contribution in [-0.2, 0) is 6.42 Å². The van der Waals surface area contributed by atoms with Crippen LogP contribution in [0.15, 0.2) is 41.3 Å². The topological polar surface area (TPSA) is 73.1 Å². The first-order valence-corrected chi connectivity index (χ1v) is 6.58. The number of benzene rings is 1. The summed E-state index contributed by atoms with van der Waals surface area (Å²) >= 11 is 3.53. The molecule has 1 unspecified atom stereocenters. The summed E-state index contributed by atoms with van der Waals surface area (Å²) in [5.74, 6) is 6.42. The van der Waals surface area contributed by atoms with E-state index in [9.17, 15) is 0 Å². The summed E-state index contributed by atoms with van der Waals surface area (Å²) in [6.07, 6.45) is 5.68. The molecule has 19 heavy (non-hydrogen) atoms. The Morgan fingerprint density at radius 3 is 2.89 bits per heavy atom. The molecule has 0 saturated heterocycles. The first kappa shape index (κ1) is 13.9. The molecule has 0 spiro atoms. The molecule has 1 aromatic heterocycles. The highest BCUT2D eigenvalue weighted by Gasteiger charge is 2.14. The maximum Gasteiger partial charge on any atom is 0.119 e. The second kappa shape index (κ2) is 6.60. The van der Waals surface area contributed by atoms with E-state index in [1.165, 1.54) is 0 Å². The van der Waals surface area contributed by atoms with Crippen molar-refractivity contribution in [2.45, 2.75) is 12.5 Å². The van der Waals surface area contributed by atoms with Gasteiger partial charge in [0.25, 0.3) is 0 Å². The molecule has 0 fully saturated rings. The van der Waals surface area contributed by atoms with Crippen LogP contribution in [0.2, 0.25) is 0 Å². The lowest BCUT2D eigenvalue weighted by molar-refractivity contribution is 0.413. The third-order valence-corrected chi connectivity index (χ3v) is 3.59. The van der Waals surface area contributed by atoms with Crippen molar-refractivity contribution in [2.75, 3.05) is 7.11 Å². The smallest absolute Gasteiger partial charge is 0.119 e. The summed E-state index contributed by atoms with van der Waals surface area (Å²) in [5, 5.41) is 0. The van der Waals surface area contributed by atoms with Crippen molar-refractivity contribution in [3.8, 4) is 5.75 Å². The summed E-state index contributed by atoms with van der Waals surface area (Å²) < 4.78 is 6.24. The number of nitrogens with two attached hydrogens (primary N) is 1. The first-order chi connectivity index (χ1) is 9.24. The van der Waals surface area contributed by atoms with E-state index in [0.29, 0.717) is 6.42 Å². The maximum atomic E-state index is 5.61. The molecule has 100 valence electrons. The van der Waals surface area contributed by atoms with Gasteiger partial charge in [-0.2, -0.15) is 0 Å². The molecule has 6 heteroatoms. The minimum Gasteiger partial charge on any atom is -0.497 e. The summed E-state index contributed by atoms with van der Waals surface area (Å²) in [5.41, 5.74) is 4.66. The molecule has 2 aromatic rings. The van der Waals surface area contributed by atoms with Gasteiger partial charge in [0.1, 0.15) is 5.75 Å². The second-order valence-electron chi connectivity index (χ2n) is 4.01. The van der Waals surface area contributed by atoms with Gasteiger partial charge in [0.15, 0.2) is 0 Å². The second-order valence-corrected chi connectivity index (χ2v) is 4.87. The molecule has 3 N–H and O–H groups in total. The predicted molar refractivity (Wildman–Crippen MR) is 76.5 cm³/mol. The fourth-order valence-corrected chi connectivity index (χ4v) is 2.20. The van der Waals surface area contributed by atoms with E-state index >= 15 is 0 Å². The van der Waals surface area contributed by atoms with Gasteiger partial charge in [-0.05, 0) is 30.2 Å². The Bertz CT molecular complexity index is 535. The van der Waals surface area contributed by atoms with Crippen LogP contribution in [0.1, 0.15) is 17.3 Å². The van der Waals surface area contributed by atoms with Crippen molar-refractivity contribution >= 4 is 15.9 Å². The molecule has 0 amide bonds. The summed E-state index contributed by atoms with van der Waals surface area (Å²) in [6, 6.07) is 5.74. The number of nitrogens with one attached hydrogen (secondary N) is 1. The largest absolute Gasteiger partial charge is 0.497 e. The number of hydrogen-bond acceptors (Lipinski definition) is 5. The highest BCUT2D eigenvalue weighted by atomic mass is 79.9. The molecule has 0 aliphatic rings. The SMILES string of the molecule is COc1ccc(Br)c(CC(NN)c2cnccn2)c1. The lowest BCUT2D eigenvalue weighted by Crippen LogP contribution is -2.30. The summed E-state index contributed by atoms with van der Waals surface area (Å²) in [4.78, 5) is 8.32. The minimum atomic E-state index is -0.0999. The number of rotatable bonds is 5. The molecule has 0 aliphatic heterocycles. The molecular weight excluding hydrogens is 308 g/mol. The Morgan fingerprint density at radius 1 is 1.42 bits per heavy atom. The van der Waals surface area contributed by atoms with E-state index in [2.05, 4.69) is 31.3 Å². The normalized spacial score (nSPS) is 12.2. The Hall–Kier alpha value is -1.50. The third-order valence-electron chi connectivity index (χ3n) is 2.82. The lowest BCUT2D eigenvalue weighted by atomic mass is 10.0. The van der Waals surface area contributed by atoms with E-state index in [1.807, 2.05) is 18.2 Å². The monoisotopic (exact) mass is 322 g/mol. The quantitative estimate of drug-likeness (QED) is 0.650. The van der Waals surface area contributed by atoms with Crippen LogP contribution in [0.25, 0.3) is 0 Å². The van der Waals surface area contributed by atoms with Crippen LogP contribution < -0.4 is 16.0 Å². The van der Waals surface area contributed by atoms with Crippen molar-refractivity contribution in [3.05, 3.63) is 52.5 Å². The van der Waals surface area contributed by atoms with E-state index in [-0.39, 0.29) is 6.04 Å². The molecule has 0 bridgehead atoms. The number of aromatic nitrogens is 2. The van der Waals surface area contributed by atoms with Gasteiger partial charge in [-0.3, -0.25) is 21.2 Å². The molecule has 2 rings (SSSR count). The Labute approximate surface area is 120 Å². The van der Waals surface area contributed by atoms with Crippen LogP contribution in [0, 0.1) is 0 Å².